The minimum Gasteiger partial charge on any atom is -0.228 e. The van der Waals surface area contributed by atoms with Crippen LogP contribution in [0.1, 0.15) is 6.92 Å². The SMILES string of the molecule is CC(S(C)(=O)=O)S(=O)(=O)c1c(F)c(F)c(F)c(F)c1F. The van der Waals surface area contributed by atoms with Crippen molar-refractivity contribution in [3.63, 3.8) is 0 Å². The van der Waals surface area contributed by atoms with Crippen LogP contribution in [0.3, 0.4) is 0 Å². The lowest BCUT2D eigenvalue weighted by atomic mass is 10.3. The van der Waals surface area contributed by atoms with Crippen molar-refractivity contribution < 1.29 is 38.8 Å². The van der Waals surface area contributed by atoms with E-state index < -0.39 is 58.2 Å². The van der Waals surface area contributed by atoms with Crippen LogP contribution in [0.15, 0.2) is 4.90 Å². The van der Waals surface area contributed by atoms with E-state index in [0.717, 1.165) is 0 Å². The molecule has 0 aliphatic carbocycles. The maximum Gasteiger partial charge on any atom is 0.201 e. The third-order valence-electron chi connectivity index (χ3n) is 2.49. The molecule has 0 heterocycles. The Hall–Kier alpha value is -1.23. The van der Waals surface area contributed by atoms with Crippen molar-refractivity contribution in [2.24, 2.45) is 0 Å². The molecule has 0 aromatic heterocycles. The fraction of sp³-hybridized carbons (Fsp3) is 0.333. The molecular formula is C9H7F5O4S2. The Morgan fingerprint density at radius 1 is 0.750 bits per heavy atom. The molecule has 1 atom stereocenters. The molecule has 0 fully saturated rings. The smallest absolute Gasteiger partial charge is 0.201 e. The molecule has 11 heteroatoms. The lowest BCUT2D eigenvalue weighted by Crippen LogP contribution is -2.29. The van der Waals surface area contributed by atoms with Gasteiger partial charge in [0.05, 0.1) is 0 Å². The van der Waals surface area contributed by atoms with Crippen molar-refractivity contribution in [3.05, 3.63) is 29.1 Å². The molecule has 0 saturated carbocycles. The summed E-state index contributed by atoms with van der Waals surface area (Å²) in [7, 11) is -9.64. The van der Waals surface area contributed by atoms with Crippen LogP contribution in [-0.2, 0) is 19.7 Å². The fourth-order valence-corrected chi connectivity index (χ4v) is 4.37. The lowest BCUT2D eigenvalue weighted by Gasteiger charge is -2.13. The first kappa shape index (κ1) is 16.8. The highest BCUT2D eigenvalue weighted by atomic mass is 32.3. The zero-order chi connectivity index (χ0) is 16.0. The Bertz CT molecular complexity index is 741. The Morgan fingerprint density at radius 3 is 1.35 bits per heavy atom. The molecule has 0 aliphatic rings. The zero-order valence-electron chi connectivity index (χ0n) is 9.92. The minimum absolute atomic E-state index is 0.446. The maximum atomic E-state index is 13.4. The number of halogens is 5. The van der Waals surface area contributed by atoms with Crippen molar-refractivity contribution in [1.82, 2.24) is 0 Å². The maximum absolute atomic E-state index is 13.4. The normalized spacial score (nSPS) is 14.3. The van der Waals surface area contributed by atoms with Crippen molar-refractivity contribution in [2.75, 3.05) is 6.26 Å². The number of hydrogen-bond acceptors (Lipinski definition) is 4. The van der Waals surface area contributed by atoms with Gasteiger partial charge in [-0.15, -0.1) is 0 Å². The van der Waals surface area contributed by atoms with Crippen molar-refractivity contribution in [2.45, 2.75) is 16.4 Å². The van der Waals surface area contributed by atoms with Crippen LogP contribution in [0.5, 0.6) is 0 Å². The molecule has 0 amide bonds. The van der Waals surface area contributed by atoms with Gasteiger partial charge in [0, 0.05) is 6.26 Å². The first-order chi connectivity index (χ1) is 8.83. The molecule has 0 saturated heterocycles. The number of benzene rings is 1. The largest absolute Gasteiger partial charge is 0.228 e. The summed E-state index contributed by atoms with van der Waals surface area (Å²) in [5.41, 5.74) is 0. The van der Waals surface area contributed by atoms with Crippen molar-refractivity contribution >= 4 is 19.7 Å². The van der Waals surface area contributed by atoms with E-state index in [-0.39, 0.29) is 0 Å². The summed E-state index contributed by atoms with van der Waals surface area (Å²) >= 11 is 0. The van der Waals surface area contributed by atoms with Gasteiger partial charge in [-0.1, -0.05) is 0 Å². The fourth-order valence-electron chi connectivity index (χ4n) is 1.23. The summed E-state index contributed by atoms with van der Waals surface area (Å²) < 4.78 is 109. The van der Waals surface area contributed by atoms with Crippen LogP contribution in [0.25, 0.3) is 0 Å². The highest BCUT2D eigenvalue weighted by Gasteiger charge is 2.40. The van der Waals surface area contributed by atoms with Gasteiger partial charge in [-0.05, 0) is 6.92 Å². The second kappa shape index (κ2) is 4.95. The van der Waals surface area contributed by atoms with Gasteiger partial charge in [0.15, 0.2) is 37.7 Å². The summed E-state index contributed by atoms with van der Waals surface area (Å²) in [5.74, 6) is -12.7. The molecule has 20 heavy (non-hydrogen) atoms. The topological polar surface area (TPSA) is 68.3 Å². The quantitative estimate of drug-likeness (QED) is 0.363. The van der Waals surface area contributed by atoms with E-state index in [1.165, 1.54) is 0 Å². The molecule has 0 spiro atoms. The Kier molecular flexibility index (Phi) is 4.16. The first-order valence-corrected chi connectivity index (χ1v) is 8.27. The third kappa shape index (κ3) is 2.51. The average Bonchev–Trinajstić information content (AvgIpc) is 2.31. The second-order valence-corrected chi connectivity index (χ2v) is 8.71. The molecule has 4 nitrogen and oxygen atoms in total. The third-order valence-corrected chi connectivity index (χ3v) is 7.31. The molecule has 0 bridgehead atoms. The van der Waals surface area contributed by atoms with E-state index in [1.807, 2.05) is 0 Å². The summed E-state index contributed by atoms with van der Waals surface area (Å²) in [6, 6.07) is 0. The summed E-state index contributed by atoms with van der Waals surface area (Å²) in [6.07, 6.45) is 0.446. The molecule has 114 valence electrons. The van der Waals surface area contributed by atoms with Gasteiger partial charge in [-0.2, -0.15) is 0 Å². The molecule has 1 unspecified atom stereocenters. The predicted molar refractivity (Wildman–Crippen MR) is 57.7 cm³/mol. The molecule has 1 aromatic rings. The van der Waals surface area contributed by atoms with Crippen molar-refractivity contribution in [3.8, 4) is 0 Å². The summed E-state index contributed by atoms with van der Waals surface area (Å²) in [5, 5.41) is 0. The predicted octanol–water partition coefficient (Wildman–Crippen LogP) is 1.55. The van der Waals surface area contributed by atoms with Crippen LogP contribution in [-0.4, -0.2) is 27.7 Å². The molecule has 0 radical (unpaired) electrons. The second-order valence-electron chi connectivity index (χ2n) is 3.84. The highest BCUT2D eigenvalue weighted by molar-refractivity contribution is 8.08. The standard InChI is InChI=1S/C9H7F5O4S2/c1-3(19(2,15)16)20(17,18)9-7(13)5(11)4(10)6(12)8(9)14/h3H,1-2H3. The molecular weight excluding hydrogens is 331 g/mol. The van der Waals surface area contributed by atoms with Gasteiger partial charge in [0.25, 0.3) is 0 Å². The van der Waals surface area contributed by atoms with Gasteiger partial charge < -0.3 is 0 Å². The van der Waals surface area contributed by atoms with E-state index in [1.54, 1.807) is 0 Å². The molecule has 1 aromatic carbocycles. The van der Waals surface area contributed by atoms with E-state index in [4.69, 9.17) is 0 Å². The Labute approximate surface area is 111 Å². The van der Waals surface area contributed by atoms with Gasteiger partial charge in [-0.3, -0.25) is 0 Å². The lowest BCUT2D eigenvalue weighted by molar-refractivity contribution is 0.357. The Balaban J connectivity index is 3.82. The van der Waals surface area contributed by atoms with E-state index in [9.17, 15) is 38.8 Å². The number of hydrogen-bond donors (Lipinski definition) is 0. The van der Waals surface area contributed by atoms with Crippen molar-refractivity contribution in [1.29, 1.82) is 0 Å². The molecule has 0 aliphatic heterocycles. The van der Waals surface area contributed by atoms with Gasteiger partial charge in [0.1, 0.15) is 4.90 Å². The number of sulfone groups is 2. The minimum atomic E-state index is -5.30. The van der Waals surface area contributed by atoms with Crippen LogP contribution >= 0.6 is 0 Å². The van der Waals surface area contributed by atoms with Gasteiger partial charge >= 0.3 is 0 Å². The van der Waals surface area contributed by atoms with Gasteiger partial charge in [0.2, 0.25) is 15.7 Å². The van der Waals surface area contributed by atoms with Crippen LogP contribution in [0.2, 0.25) is 0 Å². The van der Waals surface area contributed by atoms with Crippen LogP contribution in [0, 0.1) is 29.1 Å². The van der Waals surface area contributed by atoms with Crippen LogP contribution in [0.4, 0.5) is 22.0 Å². The monoisotopic (exact) mass is 338 g/mol. The number of rotatable bonds is 3. The first-order valence-electron chi connectivity index (χ1n) is 4.77. The molecule has 1 rings (SSSR count). The van der Waals surface area contributed by atoms with Crippen LogP contribution < -0.4 is 0 Å². The van der Waals surface area contributed by atoms with E-state index in [2.05, 4.69) is 0 Å². The zero-order valence-corrected chi connectivity index (χ0v) is 11.5. The van der Waals surface area contributed by atoms with Gasteiger partial charge in [-0.25, -0.2) is 38.8 Å². The van der Waals surface area contributed by atoms with E-state index >= 15 is 0 Å². The van der Waals surface area contributed by atoms with E-state index in [0.29, 0.717) is 13.2 Å². The summed E-state index contributed by atoms with van der Waals surface area (Å²) in [6.45, 7) is 0.558. The molecule has 0 N–H and O–H groups in total. The highest BCUT2D eigenvalue weighted by Crippen LogP contribution is 2.30. The summed E-state index contributed by atoms with van der Waals surface area (Å²) in [4.78, 5) is -2.16. The average molecular weight is 338 g/mol. The Morgan fingerprint density at radius 2 is 1.05 bits per heavy atom.